The van der Waals surface area contributed by atoms with Crippen LogP contribution in [0.4, 0.5) is 0 Å². The lowest BCUT2D eigenvalue weighted by molar-refractivity contribution is -0.152. The number of allylic oxidation sites excluding steroid dienone is 2. The lowest BCUT2D eigenvalue weighted by Gasteiger charge is -2.30. The first-order valence-electron chi connectivity index (χ1n) is 10.2. The Kier molecular flexibility index (Phi) is 7.25. The van der Waals surface area contributed by atoms with Crippen molar-refractivity contribution in [3.05, 3.63) is 83.0 Å². The lowest BCUT2D eigenvalue weighted by atomic mass is 9.92. The fraction of sp³-hybridized carbons (Fsp3) is 0.250. The number of thioether (sulfide) groups is 1. The van der Waals surface area contributed by atoms with E-state index < -0.39 is 26.3 Å². The van der Waals surface area contributed by atoms with Crippen molar-refractivity contribution in [3.8, 4) is 5.75 Å². The number of ether oxygens (including phenoxy) is 2. The molecule has 8 nitrogen and oxygen atoms in total. The molecule has 180 valence electrons. The summed E-state index contributed by atoms with van der Waals surface area (Å²) in [6.07, 6.45) is 5.50. The Balaban J connectivity index is 1.98. The second kappa shape index (κ2) is 9.65. The summed E-state index contributed by atoms with van der Waals surface area (Å²) in [4.78, 5) is 24.4. The van der Waals surface area contributed by atoms with Crippen LogP contribution in [0.25, 0.3) is 0 Å². The SMILES string of the molecule is COC1=CCC(/C=C/C(=O)c2ccc(S(N)(=O)=O)cc2)(c2ccccc2OC(C)(C)C(=O)O)S1. The summed E-state index contributed by atoms with van der Waals surface area (Å²) in [6.45, 7) is 2.92. The Labute approximate surface area is 202 Å². The number of ketones is 1. The van der Waals surface area contributed by atoms with Crippen LogP contribution < -0.4 is 9.88 Å². The number of carboxylic acids is 1. The molecule has 34 heavy (non-hydrogen) atoms. The number of carbonyl (C=O) groups excluding carboxylic acids is 1. The summed E-state index contributed by atoms with van der Waals surface area (Å²) in [5.74, 6) is -1.07. The van der Waals surface area contributed by atoms with E-state index in [-0.39, 0.29) is 10.7 Å². The molecule has 0 bridgehead atoms. The highest BCUT2D eigenvalue weighted by atomic mass is 32.2. The van der Waals surface area contributed by atoms with Crippen molar-refractivity contribution in [1.29, 1.82) is 0 Å². The number of hydrogen-bond donors (Lipinski definition) is 2. The zero-order valence-corrected chi connectivity index (χ0v) is 20.5. The van der Waals surface area contributed by atoms with Gasteiger partial charge in [-0.15, -0.1) is 0 Å². The Morgan fingerprint density at radius 1 is 1.15 bits per heavy atom. The first-order valence-corrected chi connectivity index (χ1v) is 12.6. The molecule has 1 unspecified atom stereocenters. The van der Waals surface area contributed by atoms with Crippen molar-refractivity contribution in [2.24, 2.45) is 5.14 Å². The van der Waals surface area contributed by atoms with E-state index >= 15 is 0 Å². The Morgan fingerprint density at radius 3 is 2.35 bits per heavy atom. The lowest BCUT2D eigenvalue weighted by Crippen LogP contribution is -2.38. The van der Waals surface area contributed by atoms with Gasteiger partial charge in [0.25, 0.3) is 0 Å². The van der Waals surface area contributed by atoms with Crippen LogP contribution >= 0.6 is 11.8 Å². The zero-order valence-electron chi connectivity index (χ0n) is 18.8. The monoisotopic (exact) mass is 503 g/mol. The van der Waals surface area contributed by atoms with E-state index in [1.54, 1.807) is 25.3 Å². The van der Waals surface area contributed by atoms with E-state index in [0.717, 1.165) is 0 Å². The van der Waals surface area contributed by atoms with E-state index in [0.29, 0.717) is 28.4 Å². The van der Waals surface area contributed by atoms with Gasteiger partial charge >= 0.3 is 5.97 Å². The second-order valence-electron chi connectivity index (χ2n) is 8.10. The van der Waals surface area contributed by atoms with Crippen LogP contribution in [0.15, 0.2) is 76.7 Å². The summed E-state index contributed by atoms with van der Waals surface area (Å²) in [7, 11) is -2.31. The highest BCUT2D eigenvalue weighted by Gasteiger charge is 2.40. The van der Waals surface area contributed by atoms with Gasteiger partial charge in [-0.1, -0.05) is 36.0 Å². The standard InChI is InChI=1S/C24H25NO7S2/c1-23(2,22(27)28)32-20-7-5-4-6-18(20)24(15-13-21(31-3)33-24)14-12-19(26)16-8-10-17(11-9-16)34(25,29)30/h4-14H,15H2,1-3H3,(H,27,28)(H2,25,29,30)/b14-12+. The molecular weight excluding hydrogens is 478 g/mol. The topological polar surface area (TPSA) is 133 Å². The van der Waals surface area contributed by atoms with Crippen LogP contribution in [0, 0.1) is 0 Å². The van der Waals surface area contributed by atoms with Gasteiger partial charge in [-0.25, -0.2) is 18.4 Å². The zero-order chi connectivity index (χ0) is 25.1. The first-order chi connectivity index (χ1) is 15.9. The van der Waals surface area contributed by atoms with Crippen LogP contribution in [0.3, 0.4) is 0 Å². The van der Waals surface area contributed by atoms with Crippen LogP contribution in [0.5, 0.6) is 5.75 Å². The minimum absolute atomic E-state index is 0.0862. The molecule has 3 N–H and O–H groups in total. The molecule has 1 aliphatic rings. The van der Waals surface area contributed by atoms with Gasteiger partial charge in [0, 0.05) is 11.1 Å². The molecule has 1 aliphatic heterocycles. The van der Waals surface area contributed by atoms with Crippen molar-refractivity contribution in [1.82, 2.24) is 0 Å². The molecule has 0 spiro atoms. The van der Waals surface area contributed by atoms with Crippen LogP contribution in [0.1, 0.15) is 36.2 Å². The molecule has 0 fully saturated rings. The van der Waals surface area contributed by atoms with Gasteiger partial charge in [0.2, 0.25) is 10.0 Å². The molecule has 0 amide bonds. The second-order valence-corrected chi connectivity index (χ2v) is 11.0. The normalized spacial score (nSPS) is 18.5. The van der Waals surface area contributed by atoms with Gasteiger partial charge in [-0.3, -0.25) is 4.79 Å². The number of carbonyl (C=O) groups is 2. The first kappa shape index (κ1) is 25.5. The number of carboxylic acid groups (broad SMARTS) is 1. The number of primary sulfonamides is 1. The molecule has 0 aliphatic carbocycles. The van der Waals surface area contributed by atoms with Crippen molar-refractivity contribution in [3.63, 3.8) is 0 Å². The summed E-state index contributed by atoms with van der Waals surface area (Å²) in [5, 5.41) is 15.3. The smallest absolute Gasteiger partial charge is 0.347 e. The predicted octanol–water partition coefficient (Wildman–Crippen LogP) is 3.84. The average molecular weight is 504 g/mol. The molecule has 3 rings (SSSR count). The van der Waals surface area contributed by atoms with Gasteiger partial charge < -0.3 is 14.6 Å². The molecule has 2 aromatic carbocycles. The Hall–Kier alpha value is -3.08. The molecule has 0 radical (unpaired) electrons. The minimum Gasteiger partial charge on any atom is -0.491 e. The fourth-order valence-corrected chi connectivity index (χ4v) is 5.02. The summed E-state index contributed by atoms with van der Waals surface area (Å²) < 4.78 is 33.4. The van der Waals surface area contributed by atoms with E-state index in [2.05, 4.69) is 0 Å². The molecule has 0 aromatic heterocycles. The van der Waals surface area contributed by atoms with Crippen LogP contribution in [0.2, 0.25) is 0 Å². The van der Waals surface area contributed by atoms with E-state index in [1.165, 1.54) is 56.0 Å². The summed E-state index contributed by atoms with van der Waals surface area (Å²) >= 11 is 1.38. The minimum atomic E-state index is -3.86. The fourth-order valence-electron chi connectivity index (χ4n) is 3.32. The molecule has 2 aromatic rings. The third-order valence-corrected chi connectivity index (χ3v) is 7.60. The number of sulfonamides is 1. The highest BCUT2D eigenvalue weighted by Crippen LogP contribution is 2.53. The summed E-state index contributed by atoms with van der Waals surface area (Å²) in [5.41, 5.74) is -0.493. The van der Waals surface area contributed by atoms with Crippen LogP contribution in [-0.4, -0.2) is 38.0 Å². The Morgan fingerprint density at radius 2 is 1.79 bits per heavy atom. The van der Waals surface area contributed by atoms with Crippen molar-refractivity contribution < 1.29 is 32.6 Å². The molecular formula is C24H25NO7S2. The predicted molar refractivity (Wildman–Crippen MR) is 129 cm³/mol. The van der Waals surface area contributed by atoms with Gasteiger partial charge in [0.05, 0.1) is 16.8 Å². The number of para-hydroxylation sites is 1. The largest absolute Gasteiger partial charge is 0.491 e. The Bertz CT molecular complexity index is 1260. The van der Waals surface area contributed by atoms with Gasteiger partial charge in [0.15, 0.2) is 11.4 Å². The van der Waals surface area contributed by atoms with Crippen molar-refractivity contribution >= 4 is 33.5 Å². The molecule has 0 saturated carbocycles. The molecule has 1 heterocycles. The van der Waals surface area contributed by atoms with Gasteiger partial charge in [-0.05, 0) is 62.8 Å². The molecule has 10 heteroatoms. The molecule has 0 saturated heterocycles. The van der Waals surface area contributed by atoms with Crippen molar-refractivity contribution in [2.75, 3.05) is 7.11 Å². The number of hydrogen-bond acceptors (Lipinski definition) is 7. The quantitative estimate of drug-likeness (QED) is 0.390. The number of rotatable bonds is 9. The maximum atomic E-state index is 12.9. The third-order valence-electron chi connectivity index (χ3n) is 5.25. The summed E-state index contributed by atoms with van der Waals surface area (Å²) in [6, 6.07) is 12.4. The third kappa shape index (κ3) is 5.52. The maximum Gasteiger partial charge on any atom is 0.347 e. The number of aliphatic carboxylic acids is 1. The van der Waals surface area contributed by atoms with Gasteiger partial charge in [0.1, 0.15) is 10.8 Å². The number of methoxy groups -OCH3 is 1. The highest BCUT2D eigenvalue weighted by molar-refractivity contribution is 8.04. The van der Waals surface area contributed by atoms with Crippen LogP contribution in [-0.2, 0) is 24.3 Å². The van der Waals surface area contributed by atoms with E-state index in [4.69, 9.17) is 14.6 Å². The maximum absolute atomic E-state index is 12.9. The molecule has 1 atom stereocenters. The van der Waals surface area contributed by atoms with Gasteiger partial charge in [-0.2, -0.15) is 0 Å². The number of nitrogens with two attached hydrogens (primary N) is 1. The average Bonchev–Trinajstić information content (AvgIpc) is 3.21. The van der Waals surface area contributed by atoms with Crippen molar-refractivity contribution in [2.45, 2.75) is 35.5 Å². The van der Waals surface area contributed by atoms with E-state index in [9.17, 15) is 23.1 Å². The number of benzene rings is 2. The van der Waals surface area contributed by atoms with E-state index in [1.807, 2.05) is 18.2 Å².